The van der Waals surface area contributed by atoms with E-state index in [2.05, 4.69) is 13.0 Å². The van der Waals surface area contributed by atoms with Crippen LogP contribution in [0.2, 0.25) is 0 Å². The number of phenolic OH excluding ortho intramolecular Hbond substituents is 1. The molecule has 3 aliphatic carbocycles. The summed E-state index contributed by atoms with van der Waals surface area (Å²) < 4.78 is 8.88. The summed E-state index contributed by atoms with van der Waals surface area (Å²) in [4.78, 5) is 21.6. The zero-order chi connectivity index (χ0) is 18.4. The molecule has 0 unspecified atom stereocenters. The van der Waals surface area contributed by atoms with Crippen molar-refractivity contribution in [1.29, 1.82) is 0 Å². The largest absolute Gasteiger partial charge is 1.00 e. The number of phenols is 1. The van der Waals surface area contributed by atoms with Crippen LogP contribution >= 0.6 is 7.82 Å². The molecule has 1 aromatic rings. The summed E-state index contributed by atoms with van der Waals surface area (Å²) in [5, 5.41) is 20.0. The van der Waals surface area contributed by atoms with E-state index in [0.29, 0.717) is 17.6 Å². The first kappa shape index (κ1) is 26.1. The zero-order valence-electron chi connectivity index (χ0n) is 18.4. The molecule has 9 heteroatoms. The van der Waals surface area contributed by atoms with E-state index >= 15 is 0 Å². The van der Waals surface area contributed by atoms with Crippen LogP contribution in [0.5, 0.6) is 5.75 Å². The maximum Gasteiger partial charge on any atom is 1.00 e. The zero-order valence-corrected chi connectivity index (χ0v) is 21.3. The molecule has 0 radical (unpaired) electrons. The number of aromatic hydroxyl groups is 1. The molecule has 6 nitrogen and oxygen atoms in total. The van der Waals surface area contributed by atoms with Crippen molar-refractivity contribution in [3.63, 3.8) is 0 Å². The van der Waals surface area contributed by atoms with Gasteiger partial charge in [0.1, 0.15) is 5.75 Å². The summed E-state index contributed by atoms with van der Waals surface area (Å²) in [5.74, 6) is 2.49. The molecule has 0 aliphatic heterocycles. The Hall–Kier alpha value is 1.09. The number of aliphatic hydroxyl groups is 1. The van der Waals surface area contributed by atoms with Crippen molar-refractivity contribution in [2.45, 2.75) is 57.5 Å². The Labute approximate surface area is 207 Å². The molecule has 2 saturated carbocycles. The van der Waals surface area contributed by atoms with Gasteiger partial charge in [0, 0.05) is 0 Å². The van der Waals surface area contributed by atoms with E-state index in [1.807, 2.05) is 12.1 Å². The first-order chi connectivity index (χ1) is 11.6. The third-order valence-electron chi connectivity index (χ3n) is 6.66. The Morgan fingerprint density at radius 2 is 1.74 bits per heavy atom. The molecule has 4 rings (SSSR count). The fourth-order valence-corrected chi connectivity index (χ4v) is 5.54. The summed E-state index contributed by atoms with van der Waals surface area (Å²) in [6, 6.07) is 5.96. The molecule has 0 heterocycles. The Morgan fingerprint density at radius 3 is 2.37 bits per heavy atom. The number of aliphatic hydroxyl groups excluding tert-OH is 1. The third-order valence-corrected chi connectivity index (χ3v) is 6.66. The van der Waals surface area contributed by atoms with Crippen LogP contribution in [0.4, 0.5) is 0 Å². The molecule has 0 saturated heterocycles. The van der Waals surface area contributed by atoms with Crippen LogP contribution in [0.15, 0.2) is 18.2 Å². The fourth-order valence-electron chi connectivity index (χ4n) is 5.54. The number of hydrogen-bond donors (Lipinski definition) is 5. The van der Waals surface area contributed by atoms with Crippen molar-refractivity contribution in [3.05, 3.63) is 29.3 Å². The molecule has 0 amide bonds. The van der Waals surface area contributed by atoms with Crippen LogP contribution < -0.4 is 59.1 Å². The number of aryl methyl sites for hydroxylation is 1. The minimum atomic E-state index is -4.64. The standard InChI is InChI=1S/C18H24O2.2Na.H3O4P.2H/c1-18-9-8-14-13-5-3-12(19)10-11(13)2-4-15(14)16(18)6-7-17(18)20;;;1-5(2,3)4;;/h3,5,10,14-17,19-20H,2,4,6-9H2,1H3;;;(H3,1,2,3,4);;/q;2*+1;;2*-1/t14-,15-,16+,17+,18+;;;;;/m1...../s1. The van der Waals surface area contributed by atoms with Crippen molar-refractivity contribution in [2.75, 3.05) is 0 Å². The predicted octanol–water partition coefficient (Wildman–Crippen LogP) is -3.09. The SMILES string of the molecule is C[C@]12CC[C@@H]3c4ccc(O)cc4CC[C@H]3[C@@H]1CC[C@@H]2O.O=P(O)(O)O.[H-].[H-].[Na+].[Na+]. The summed E-state index contributed by atoms with van der Waals surface area (Å²) >= 11 is 0. The first-order valence-electron chi connectivity index (χ1n) is 8.88. The molecule has 0 aromatic heterocycles. The minimum absolute atomic E-state index is 0. The normalized spacial score (nSPS) is 33.8. The molecule has 5 N–H and O–H groups in total. The molecular weight excluding hydrogens is 389 g/mol. The van der Waals surface area contributed by atoms with Gasteiger partial charge in [-0.25, -0.2) is 4.57 Å². The molecule has 1 aromatic carbocycles. The number of hydrogen-bond acceptors (Lipinski definition) is 3. The van der Waals surface area contributed by atoms with E-state index in [1.54, 1.807) is 0 Å². The van der Waals surface area contributed by atoms with Gasteiger partial charge in [0.05, 0.1) is 6.10 Å². The molecule has 144 valence electrons. The molecular formula is C18H29Na2O6P. The van der Waals surface area contributed by atoms with Gasteiger partial charge in [0.2, 0.25) is 0 Å². The number of phosphoric acid groups is 1. The maximum atomic E-state index is 10.4. The van der Waals surface area contributed by atoms with Crippen molar-refractivity contribution in [1.82, 2.24) is 0 Å². The minimum Gasteiger partial charge on any atom is -1.00 e. The average Bonchev–Trinajstić information content (AvgIpc) is 2.81. The van der Waals surface area contributed by atoms with Crippen LogP contribution in [-0.2, 0) is 11.0 Å². The molecule has 0 spiro atoms. The van der Waals surface area contributed by atoms with Crippen LogP contribution in [0.1, 0.15) is 58.9 Å². The summed E-state index contributed by atoms with van der Waals surface area (Å²) in [5.41, 5.74) is 2.99. The maximum absolute atomic E-state index is 10.4. The Balaban J connectivity index is 0. The van der Waals surface area contributed by atoms with E-state index in [9.17, 15) is 10.2 Å². The van der Waals surface area contributed by atoms with Crippen molar-refractivity contribution < 1.29 is 91.4 Å². The number of fused-ring (bicyclic) bond motifs is 5. The summed E-state index contributed by atoms with van der Waals surface area (Å²) in [7, 11) is -4.64. The smallest absolute Gasteiger partial charge is 1.00 e. The number of rotatable bonds is 0. The average molecular weight is 418 g/mol. The quantitative estimate of drug-likeness (QED) is 0.225. The monoisotopic (exact) mass is 418 g/mol. The van der Waals surface area contributed by atoms with E-state index in [4.69, 9.17) is 19.2 Å². The molecule has 5 atom stereocenters. The van der Waals surface area contributed by atoms with E-state index in [1.165, 1.54) is 30.4 Å². The Bertz CT molecular complexity index is 699. The molecule has 27 heavy (non-hydrogen) atoms. The van der Waals surface area contributed by atoms with Gasteiger partial charge in [-0.15, -0.1) is 0 Å². The van der Waals surface area contributed by atoms with Crippen LogP contribution in [0, 0.1) is 17.3 Å². The van der Waals surface area contributed by atoms with E-state index < -0.39 is 7.82 Å². The topological polar surface area (TPSA) is 118 Å². The van der Waals surface area contributed by atoms with Crippen molar-refractivity contribution >= 4 is 7.82 Å². The van der Waals surface area contributed by atoms with E-state index in [-0.39, 0.29) is 73.5 Å². The van der Waals surface area contributed by atoms with Gasteiger partial charge < -0.3 is 27.7 Å². The van der Waals surface area contributed by atoms with Crippen molar-refractivity contribution in [3.8, 4) is 5.75 Å². The molecule has 3 aliphatic rings. The van der Waals surface area contributed by atoms with Crippen LogP contribution in [0.3, 0.4) is 0 Å². The second-order valence-corrected chi connectivity index (χ2v) is 8.98. The van der Waals surface area contributed by atoms with Gasteiger partial charge in [-0.05, 0) is 85.0 Å². The summed E-state index contributed by atoms with van der Waals surface area (Å²) in [6.07, 6.45) is 6.78. The predicted molar refractivity (Wildman–Crippen MR) is 95.2 cm³/mol. The summed E-state index contributed by atoms with van der Waals surface area (Å²) in [6.45, 7) is 2.32. The van der Waals surface area contributed by atoms with Gasteiger partial charge in [-0.3, -0.25) is 0 Å². The van der Waals surface area contributed by atoms with Crippen LogP contribution in [-0.4, -0.2) is 31.0 Å². The van der Waals surface area contributed by atoms with E-state index in [0.717, 1.165) is 25.2 Å². The molecule has 2 fully saturated rings. The second kappa shape index (κ2) is 9.93. The van der Waals surface area contributed by atoms with Gasteiger partial charge in [-0.2, -0.15) is 0 Å². The Morgan fingerprint density at radius 1 is 1.11 bits per heavy atom. The van der Waals surface area contributed by atoms with Gasteiger partial charge in [0.15, 0.2) is 0 Å². The van der Waals surface area contributed by atoms with Gasteiger partial charge in [-0.1, -0.05) is 13.0 Å². The Kier molecular flexibility index (Phi) is 9.61. The van der Waals surface area contributed by atoms with Crippen LogP contribution in [0.25, 0.3) is 0 Å². The molecule has 0 bridgehead atoms. The van der Waals surface area contributed by atoms with Gasteiger partial charge in [0.25, 0.3) is 0 Å². The first-order valence-corrected chi connectivity index (χ1v) is 10.4. The van der Waals surface area contributed by atoms with Gasteiger partial charge >= 0.3 is 66.9 Å². The second-order valence-electron chi connectivity index (χ2n) is 7.95. The third kappa shape index (κ3) is 5.83. The fraction of sp³-hybridized carbons (Fsp3) is 0.667. The number of benzene rings is 1. The van der Waals surface area contributed by atoms with Crippen molar-refractivity contribution in [2.24, 2.45) is 17.3 Å².